The van der Waals surface area contributed by atoms with E-state index in [2.05, 4.69) is 4.98 Å². The fourth-order valence-corrected chi connectivity index (χ4v) is 3.66. The first-order valence-electron chi connectivity index (χ1n) is 11.3. The van der Waals surface area contributed by atoms with Crippen LogP contribution in [0.15, 0.2) is 36.4 Å². The summed E-state index contributed by atoms with van der Waals surface area (Å²) in [6, 6.07) is 9.58. The molecule has 1 aromatic heterocycles. The van der Waals surface area contributed by atoms with Crippen molar-refractivity contribution in [3.63, 3.8) is 0 Å². The Morgan fingerprint density at radius 3 is 2.53 bits per heavy atom. The van der Waals surface area contributed by atoms with Gasteiger partial charge in [0.2, 0.25) is 5.88 Å². The Morgan fingerprint density at radius 1 is 1.18 bits per heavy atom. The van der Waals surface area contributed by atoms with Crippen LogP contribution in [-0.2, 0) is 16.2 Å². The molecule has 0 unspecified atom stereocenters. The predicted octanol–water partition coefficient (Wildman–Crippen LogP) is 4.55. The van der Waals surface area contributed by atoms with Crippen molar-refractivity contribution in [2.45, 2.75) is 51.7 Å². The molecular formula is C25H32FN3O5. The standard InChI is InChI=1S/C25H32FN3O5/c1-25(2,3)34-24(31)29-13-11-17(12-14-29)21-7-6-8-22(27-21)33-16-19-15-18(9-10-20(19)26)23(30)28(4)32-5/h6-10,15,17H,11-14,16H2,1-5H3. The van der Waals surface area contributed by atoms with Crippen molar-refractivity contribution in [2.24, 2.45) is 0 Å². The summed E-state index contributed by atoms with van der Waals surface area (Å²) in [5.41, 5.74) is 0.885. The Morgan fingerprint density at radius 2 is 1.88 bits per heavy atom. The minimum absolute atomic E-state index is 0.0722. The van der Waals surface area contributed by atoms with Crippen LogP contribution in [0.1, 0.15) is 61.1 Å². The molecule has 0 aliphatic carbocycles. The van der Waals surface area contributed by atoms with Gasteiger partial charge in [0.15, 0.2) is 0 Å². The summed E-state index contributed by atoms with van der Waals surface area (Å²) >= 11 is 0. The Bertz CT molecular complexity index is 1020. The number of carbonyl (C=O) groups is 2. The molecular weight excluding hydrogens is 441 g/mol. The number of ether oxygens (including phenoxy) is 2. The van der Waals surface area contributed by atoms with Crippen LogP contribution in [0.2, 0.25) is 0 Å². The fraction of sp³-hybridized carbons (Fsp3) is 0.480. The van der Waals surface area contributed by atoms with Crippen LogP contribution in [0.5, 0.6) is 5.88 Å². The number of amides is 2. The van der Waals surface area contributed by atoms with Crippen molar-refractivity contribution in [1.82, 2.24) is 14.9 Å². The van der Waals surface area contributed by atoms with Crippen molar-refractivity contribution in [2.75, 3.05) is 27.2 Å². The van der Waals surface area contributed by atoms with Crippen LogP contribution in [-0.4, -0.2) is 59.8 Å². The number of halogens is 1. The lowest BCUT2D eigenvalue weighted by molar-refractivity contribution is -0.0757. The maximum atomic E-state index is 14.3. The van der Waals surface area contributed by atoms with Crippen molar-refractivity contribution < 1.29 is 28.3 Å². The third kappa shape index (κ3) is 6.66. The van der Waals surface area contributed by atoms with Gasteiger partial charge in [-0.2, -0.15) is 0 Å². The molecule has 0 bridgehead atoms. The van der Waals surface area contributed by atoms with E-state index in [1.54, 1.807) is 11.0 Å². The minimum Gasteiger partial charge on any atom is -0.473 e. The largest absolute Gasteiger partial charge is 0.473 e. The predicted molar refractivity (Wildman–Crippen MR) is 124 cm³/mol. The molecule has 0 saturated carbocycles. The van der Waals surface area contributed by atoms with Crippen LogP contribution in [0, 0.1) is 5.82 Å². The number of rotatable bonds is 6. The Balaban J connectivity index is 1.61. The molecule has 1 saturated heterocycles. The molecule has 2 amide bonds. The SMILES string of the molecule is CON(C)C(=O)c1ccc(F)c(COc2cccc(C3CCN(C(=O)OC(C)(C)C)CC3)n2)c1. The fourth-order valence-electron chi connectivity index (χ4n) is 3.66. The van der Waals surface area contributed by atoms with Gasteiger partial charge >= 0.3 is 6.09 Å². The van der Waals surface area contributed by atoms with E-state index in [-0.39, 0.29) is 30.1 Å². The van der Waals surface area contributed by atoms with Crippen LogP contribution >= 0.6 is 0 Å². The quantitative estimate of drug-likeness (QED) is 0.573. The molecule has 3 rings (SSSR count). The average Bonchev–Trinajstić information content (AvgIpc) is 2.81. The molecule has 9 heteroatoms. The monoisotopic (exact) mass is 473 g/mol. The first-order chi connectivity index (χ1) is 16.1. The lowest BCUT2D eigenvalue weighted by atomic mass is 9.93. The lowest BCUT2D eigenvalue weighted by Gasteiger charge is -2.33. The molecule has 0 spiro atoms. The zero-order valence-electron chi connectivity index (χ0n) is 20.3. The Labute approximate surface area is 199 Å². The highest BCUT2D eigenvalue weighted by molar-refractivity contribution is 5.93. The van der Waals surface area contributed by atoms with Gasteiger partial charge in [0.1, 0.15) is 18.0 Å². The smallest absolute Gasteiger partial charge is 0.410 e. The molecule has 34 heavy (non-hydrogen) atoms. The summed E-state index contributed by atoms with van der Waals surface area (Å²) in [5, 5.41) is 1.07. The Kier molecular flexibility index (Phi) is 8.09. The summed E-state index contributed by atoms with van der Waals surface area (Å²) in [5.74, 6) is -0.300. The van der Waals surface area contributed by atoms with E-state index < -0.39 is 11.4 Å². The summed E-state index contributed by atoms with van der Waals surface area (Å²) in [6.07, 6.45) is 1.23. The summed E-state index contributed by atoms with van der Waals surface area (Å²) in [6.45, 7) is 6.67. The highest BCUT2D eigenvalue weighted by atomic mass is 19.1. The zero-order valence-corrected chi connectivity index (χ0v) is 20.3. The Hall–Kier alpha value is -3.20. The number of hydrogen-bond donors (Lipinski definition) is 0. The number of carbonyl (C=O) groups excluding carboxylic acids is 2. The van der Waals surface area contributed by atoms with Gasteiger partial charge in [-0.15, -0.1) is 0 Å². The maximum absolute atomic E-state index is 14.3. The lowest BCUT2D eigenvalue weighted by Crippen LogP contribution is -2.41. The van der Waals surface area contributed by atoms with Gasteiger partial charge in [-0.05, 0) is 57.9 Å². The van der Waals surface area contributed by atoms with E-state index in [0.29, 0.717) is 24.5 Å². The molecule has 0 atom stereocenters. The second kappa shape index (κ2) is 10.8. The summed E-state index contributed by atoms with van der Waals surface area (Å²) in [7, 11) is 2.86. The normalized spacial score (nSPS) is 14.6. The van der Waals surface area contributed by atoms with Gasteiger partial charge in [0.05, 0.1) is 7.11 Å². The van der Waals surface area contributed by atoms with Gasteiger partial charge in [-0.25, -0.2) is 19.2 Å². The van der Waals surface area contributed by atoms with Gasteiger partial charge in [-0.3, -0.25) is 9.63 Å². The molecule has 0 N–H and O–H groups in total. The number of aromatic nitrogens is 1. The number of hydrogen-bond acceptors (Lipinski definition) is 6. The molecule has 1 fully saturated rings. The van der Waals surface area contributed by atoms with Crippen molar-refractivity contribution >= 4 is 12.0 Å². The second-order valence-electron chi connectivity index (χ2n) is 9.22. The molecule has 0 radical (unpaired) electrons. The number of benzene rings is 1. The van der Waals surface area contributed by atoms with E-state index in [1.807, 2.05) is 32.9 Å². The first-order valence-corrected chi connectivity index (χ1v) is 11.3. The molecule has 1 aliphatic rings. The van der Waals surface area contributed by atoms with Crippen LogP contribution in [0.25, 0.3) is 0 Å². The third-order valence-corrected chi connectivity index (χ3v) is 5.54. The first kappa shape index (κ1) is 25.4. The summed E-state index contributed by atoms with van der Waals surface area (Å²) < 4.78 is 25.5. The third-order valence-electron chi connectivity index (χ3n) is 5.54. The molecule has 1 aromatic carbocycles. The molecule has 1 aliphatic heterocycles. The molecule has 2 aromatic rings. The molecule has 184 valence electrons. The van der Waals surface area contributed by atoms with E-state index >= 15 is 0 Å². The zero-order chi connectivity index (χ0) is 24.9. The van der Waals surface area contributed by atoms with Gasteiger partial charge in [0, 0.05) is 48.9 Å². The highest BCUT2D eigenvalue weighted by Crippen LogP contribution is 2.29. The van der Waals surface area contributed by atoms with Crippen LogP contribution in [0.3, 0.4) is 0 Å². The number of piperidine rings is 1. The maximum Gasteiger partial charge on any atom is 0.410 e. The summed E-state index contributed by atoms with van der Waals surface area (Å²) in [4.78, 5) is 35.8. The van der Waals surface area contributed by atoms with Gasteiger partial charge in [0.25, 0.3) is 5.91 Å². The van der Waals surface area contributed by atoms with Crippen molar-refractivity contribution in [1.29, 1.82) is 0 Å². The molecule has 2 heterocycles. The number of pyridine rings is 1. The van der Waals surface area contributed by atoms with Crippen LogP contribution in [0.4, 0.5) is 9.18 Å². The van der Waals surface area contributed by atoms with Gasteiger partial charge < -0.3 is 14.4 Å². The van der Waals surface area contributed by atoms with E-state index in [0.717, 1.165) is 23.6 Å². The minimum atomic E-state index is -0.521. The van der Waals surface area contributed by atoms with Crippen molar-refractivity contribution in [3.05, 3.63) is 59.0 Å². The molecule has 8 nitrogen and oxygen atoms in total. The highest BCUT2D eigenvalue weighted by Gasteiger charge is 2.28. The topological polar surface area (TPSA) is 81.2 Å². The number of nitrogens with zero attached hydrogens (tertiary/aromatic N) is 3. The average molecular weight is 474 g/mol. The number of likely N-dealkylation sites (tertiary alicyclic amines) is 1. The van der Waals surface area contributed by atoms with Crippen molar-refractivity contribution in [3.8, 4) is 5.88 Å². The van der Waals surface area contributed by atoms with Crippen LogP contribution < -0.4 is 4.74 Å². The van der Waals surface area contributed by atoms with E-state index in [4.69, 9.17) is 14.3 Å². The number of hydroxylamine groups is 2. The van der Waals surface area contributed by atoms with Gasteiger partial charge in [-0.1, -0.05) is 6.07 Å². The second-order valence-corrected chi connectivity index (χ2v) is 9.22. The van der Waals surface area contributed by atoms with E-state index in [9.17, 15) is 14.0 Å². The van der Waals surface area contributed by atoms with E-state index in [1.165, 1.54) is 32.4 Å².